The summed E-state index contributed by atoms with van der Waals surface area (Å²) in [6.07, 6.45) is 2.72. The van der Waals surface area contributed by atoms with Gasteiger partial charge in [-0.3, -0.25) is 4.79 Å². The van der Waals surface area contributed by atoms with Crippen molar-refractivity contribution in [2.75, 3.05) is 0 Å². The van der Waals surface area contributed by atoms with Crippen LogP contribution in [0.2, 0.25) is 0 Å². The third-order valence-corrected chi connectivity index (χ3v) is 1.80. The van der Waals surface area contributed by atoms with Crippen LogP contribution in [-0.2, 0) is 32.7 Å². The number of carbonyl (C=O) groups excluding carboxylic acids is 1. The summed E-state index contributed by atoms with van der Waals surface area (Å²) in [5.41, 5.74) is 0.808. The van der Waals surface area contributed by atoms with Crippen LogP contribution in [0.25, 0.3) is 0 Å². The summed E-state index contributed by atoms with van der Waals surface area (Å²) in [5.74, 6) is 0.242. The summed E-state index contributed by atoms with van der Waals surface area (Å²) < 4.78 is 0. The Balaban J connectivity index is 0. The van der Waals surface area contributed by atoms with Crippen LogP contribution in [0.15, 0.2) is 24.3 Å². The molecule has 75 valence electrons. The van der Waals surface area contributed by atoms with Crippen LogP contribution in [-0.4, -0.2) is 5.78 Å². The van der Waals surface area contributed by atoms with Crippen molar-refractivity contribution in [3.63, 3.8) is 0 Å². The van der Waals surface area contributed by atoms with Crippen LogP contribution in [0.3, 0.4) is 0 Å². The van der Waals surface area contributed by atoms with Crippen molar-refractivity contribution < 1.29 is 37.5 Å². The standard InChI is InChI=1S/C11H13O.CH3.Y/c1-2-3-9-11(12)10-7-5-4-6-8-10;;/h5-8H,2-3,9H2,1H3;1H3;/q2*-1;. The topological polar surface area (TPSA) is 17.1 Å². The molecule has 0 aliphatic rings. The predicted molar refractivity (Wildman–Crippen MR) is 55.5 cm³/mol. The minimum atomic E-state index is 0. The molecule has 14 heavy (non-hydrogen) atoms. The van der Waals surface area contributed by atoms with E-state index in [2.05, 4.69) is 13.0 Å². The van der Waals surface area contributed by atoms with Gasteiger partial charge in [-0.15, -0.1) is 0 Å². The first-order valence-corrected chi connectivity index (χ1v) is 4.34. The number of carbonyl (C=O) groups is 1. The van der Waals surface area contributed by atoms with E-state index in [-0.39, 0.29) is 45.9 Å². The van der Waals surface area contributed by atoms with Crippen LogP contribution in [0.5, 0.6) is 0 Å². The zero-order valence-corrected chi connectivity index (χ0v) is 11.8. The van der Waals surface area contributed by atoms with Crippen LogP contribution in [0.1, 0.15) is 36.5 Å². The smallest absolute Gasteiger partial charge is 0.138 e. The van der Waals surface area contributed by atoms with Gasteiger partial charge in [0.05, 0.1) is 0 Å². The monoisotopic (exact) mass is 265 g/mol. The largest absolute Gasteiger partial charge is 0.358 e. The molecule has 0 atom stereocenters. The molecule has 1 radical (unpaired) electrons. The molecule has 0 aliphatic heterocycles. The SMILES string of the molecule is CCCCC(=O)c1cc[c-]cc1.[CH3-].[Y]. The normalized spacial score (nSPS) is 8.36. The summed E-state index contributed by atoms with van der Waals surface area (Å²) in [6, 6.07) is 10.1. The van der Waals surface area contributed by atoms with E-state index in [1.54, 1.807) is 12.1 Å². The van der Waals surface area contributed by atoms with Gasteiger partial charge in [-0.2, -0.15) is 30.3 Å². The van der Waals surface area contributed by atoms with Gasteiger partial charge in [0, 0.05) is 39.1 Å². The number of rotatable bonds is 4. The molecule has 2 heteroatoms. The second-order valence-electron chi connectivity index (χ2n) is 2.82. The minimum Gasteiger partial charge on any atom is -0.358 e. The van der Waals surface area contributed by atoms with E-state index in [0.29, 0.717) is 6.42 Å². The molecule has 0 amide bonds. The van der Waals surface area contributed by atoms with Gasteiger partial charge in [0.1, 0.15) is 5.78 Å². The fourth-order valence-electron chi connectivity index (χ4n) is 1.05. The van der Waals surface area contributed by atoms with Gasteiger partial charge in [0.25, 0.3) is 0 Å². The molecule has 0 saturated heterocycles. The third-order valence-electron chi connectivity index (χ3n) is 1.80. The molecular weight excluding hydrogens is 249 g/mol. The van der Waals surface area contributed by atoms with E-state index in [9.17, 15) is 4.79 Å². The van der Waals surface area contributed by atoms with E-state index in [4.69, 9.17) is 0 Å². The van der Waals surface area contributed by atoms with Crippen molar-refractivity contribution in [3.8, 4) is 0 Å². The Bertz CT molecular complexity index is 244. The van der Waals surface area contributed by atoms with Crippen molar-refractivity contribution >= 4 is 5.78 Å². The van der Waals surface area contributed by atoms with Crippen LogP contribution < -0.4 is 0 Å². The number of unbranched alkanes of at least 4 members (excludes halogenated alkanes) is 1. The molecule has 0 fully saturated rings. The first-order valence-electron chi connectivity index (χ1n) is 4.34. The van der Waals surface area contributed by atoms with E-state index in [1.807, 2.05) is 12.1 Å². The molecular formula is C12H16OY-2. The van der Waals surface area contributed by atoms with Gasteiger partial charge >= 0.3 is 0 Å². The molecule has 0 heterocycles. The summed E-state index contributed by atoms with van der Waals surface area (Å²) in [5, 5.41) is 0. The molecule has 0 unspecified atom stereocenters. The average Bonchev–Trinajstić information content (AvgIpc) is 2.15. The number of hydrogen-bond acceptors (Lipinski definition) is 1. The van der Waals surface area contributed by atoms with E-state index < -0.39 is 0 Å². The van der Waals surface area contributed by atoms with Crippen molar-refractivity contribution in [2.45, 2.75) is 26.2 Å². The number of hydrogen-bond donors (Lipinski definition) is 0. The zero-order chi connectivity index (χ0) is 8.81. The van der Waals surface area contributed by atoms with Gasteiger partial charge < -0.3 is 7.43 Å². The van der Waals surface area contributed by atoms with Crippen molar-refractivity contribution in [1.29, 1.82) is 0 Å². The molecule has 0 aliphatic carbocycles. The fraction of sp³-hybridized carbons (Fsp3) is 0.333. The zero-order valence-electron chi connectivity index (χ0n) is 8.92. The number of benzene rings is 1. The van der Waals surface area contributed by atoms with Crippen molar-refractivity contribution in [1.82, 2.24) is 0 Å². The Hall–Kier alpha value is -0.00610. The molecule has 0 spiro atoms. The molecule has 0 N–H and O–H groups in total. The summed E-state index contributed by atoms with van der Waals surface area (Å²) in [6.45, 7) is 2.09. The van der Waals surface area contributed by atoms with Gasteiger partial charge in [-0.1, -0.05) is 18.9 Å². The predicted octanol–water partition coefficient (Wildman–Crippen LogP) is 3.31. The molecule has 1 aromatic rings. The van der Waals surface area contributed by atoms with E-state index in [0.717, 1.165) is 18.4 Å². The van der Waals surface area contributed by atoms with Crippen molar-refractivity contribution in [2.24, 2.45) is 0 Å². The molecule has 1 aromatic carbocycles. The van der Waals surface area contributed by atoms with E-state index >= 15 is 0 Å². The van der Waals surface area contributed by atoms with E-state index in [1.165, 1.54) is 0 Å². The van der Waals surface area contributed by atoms with Crippen LogP contribution in [0, 0.1) is 13.5 Å². The quantitative estimate of drug-likeness (QED) is 0.603. The Morgan fingerprint density at radius 2 is 1.93 bits per heavy atom. The Morgan fingerprint density at radius 1 is 1.36 bits per heavy atom. The Morgan fingerprint density at radius 3 is 2.43 bits per heavy atom. The molecule has 0 bridgehead atoms. The third kappa shape index (κ3) is 5.67. The molecule has 0 saturated carbocycles. The maximum absolute atomic E-state index is 11.4. The van der Waals surface area contributed by atoms with Crippen LogP contribution >= 0.6 is 0 Å². The Kier molecular flexibility index (Phi) is 11.2. The summed E-state index contributed by atoms with van der Waals surface area (Å²) in [4.78, 5) is 11.4. The summed E-state index contributed by atoms with van der Waals surface area (Å²) in [7, 11) is 0. The van der Waals surface area contributed by atoms with Gasteiger partial charge in [0.2, 0.25) is 0 Å². The number of ketones is 1. The Labute approximate surface area is 112 Å². The second-order valence-corrected chi connectivity index (χ2v) is 2.82. The first kappa shape index (κ1) is 16.4. The maximum Gasteiger partial charge on any atom is 0.138 e. The van der Waals surface area contributed by atoms with Gasteiger partial charge in [-0.25, -0.2) is 0 Å². The second kappa shape index (κ2) is 9.55. The van der Waals surface area contributed by atoms with Crippen LogP contribution in [0.4, 0.5) is 0 Å². The summed E-state index contributed by atoms with van der Waals surface area (Å²) >= 11 is 0. The average molecular weight is 265 g/mol. The first-order chi connectivity index (χ1) is 5.84. The maximum atomic E-state index is 11.4. The molecule has 0 aromatic heterocycles. The van der Waals surface area contributed by atoms with Gasteiger partial charge in [-0.05, 0) is 6.42 Å². The molecule has 1 rings (SSSR count). The van der Waals surface area contributed by atoms with Crippen molar-refractivity contribution in [3.05, 3.63) is 43.3 Å². The van der Waals surface area contributed by atoms with Gasteiger partial charge in [0.15, 0.2) is 0 Å². The molecule has 1 nitrogen and oxygen atoms in total. The minimum absolute atomic E-state index is 0. The number of Topliss-reactive ketones (excluding diaryl/α,β-unsaturated/α-hetero) is 1. The fourth-order valence-corrected chi connectivity index (χ4v) is 1.05.